The van der Waals surface area contributed by atoms with Gasteiger partial charge in [0.25, 0.3) is 0 Å². The third kappa shape index (κ3) is 2.04. The smallest absolute Gasteiger partial charge is 0.249 e. The SMILES string of the molecule is CC(C)C1C(=O)NC2(CCCCC2)C(=O)N1C1CCC1. The largest absolute Gasteiger partial charge is 0.340 e. The summed E-state index contributed by atoms with van der Waals surface area (Å²) >= 11 is 0. The fourth-order valence-electron chi connectivity index (χ4n) is 4.04. The monoisotopic (exact) mass is 278 g/mol. The molecule has 0 aromatic carbocycles. The molecule has 20 heavy (non-hydrogen) atoms. The molecule has 1 spiro atoms. The molecule has 4 heteroatoms. The van der Waals surface area contributed by atoms with E-state index in [1.165, 1.54) is 12.8 Å². The summed E-state index contributed by atoms with van der Waals surface area (Å²) in [6, 6.07) is 0.0418. The van der Waals surface area contributed by atoms with Crippen molar-refractivity contribution in [1.29, 1.82) is 0 Å². The Morgan fingerprint density at radius 1 is 1.10 bits per heavy atom. The van der Waals surface area contributed by atoms with Crippen molar-refractivity contribution >= 4 is 11.8 Å². The lowest BCUT2D eigenvalue weighted by Crippen LogP contribution is -2.74. The van der Waals surface area contributed by atoms with Gasteiger partial charge in [0.2, 0.25) is 11.8 Å². The lowest BCUT2D eigenvalue weighted by atomic mass is 9.75. The minimum absolute atomic E-state index is 0.0772. The van der Waals surface area contributed by atoms with Crippen LogP contribution in [0.1, 0.15) is 65.2 Å². The molecule has 0 aromatic rings. The Bertz CT molecular complexity index is 409. The summed E-state index contributed by atoms with van der Waals surface area (Å²) in [5.74, 6) is 0.467. The zero-order valence-electron chi connectivity index (χ0n) is 12.7. The topological polar surface area (TPSA) is 49.4 Å². The van der Waals surface area contributed by atoms with Crippen molar-refractivity contribution in [3.05, 3.63) is 0 Å². The molecular weight excluding hydrogens is 252 g/mol. The van der Waals surface area contributed by atoms with Crippen molar-refractivity contribution in [2.45, 2.75) is 82.8 Å². The van der Waals surface area contributed by atoms with Gasteiger partial charge in [0.05, 0.1) is 0 Å². The van der Waals surface area contributed by atoms with Crippen molar-refractivity contribution in [2.24, 2.45) is 5.92 Å². The maximum absolute atomic E-state index is 13.1. The van der Waals surface area contributed by atoms with Crippen LogP contribution in [0, 0.1) is 5.92 Å². The minimum atomic E-state index is -0.573. The number of carbonyl (C=O) groups excluding carboxylic acids is 2. The molecule has 3 fully saturated rings. The molecule has 1 atom stereocenters. The number of hydrogen-bond acceptors (Lipinski definition) is 2. The van der Waals surface area contributed by atoms with Gasteiger partial charge >= 0.3 is 0 Å². The summed E-state index contributed by atoms with van der Waals surface area (Å²) in [6.07, 6.45) is 8.26. The first kappa shape index (κ1) is 13.9. The van der Waals surface area contributed by atoms with Crippen LogP contribution in [-0.2, 0) is 9.59 Å². The third-order valence-electron chi connectivity index (χ3n) is 5.38. The van der Waals surface area contributed by atoms with Gasteiger partial charge in [-0.1, -0.05) is 33.1 Å². The van der Waals surface area contributed by atoms with E-state index >= 15 is 0 Å². The van der Waals surface area contributed by atoms with Gasteiger partial charge in [-0.05, 0) is 38.0 Å². The van der Waals surface area contributed by atoms with Crippen LogP contribution in [0.15, 0.2) is 0 Å². The van der Waals surface area contributed by atoms with Crippen molar-refractivity contribution in [1.82, 2.24) is 10.2 Å². The molecule has 2 saturated carbocycles. The molecule has 2 amide bonds. The first-order chi connectivity index (χ1) is 9.55. The molecule has 4 nitrogen and oxygen atoms in total. The summed E-state index contributed by atoms with van der Waals surface area (Å²) in [5, 5.41) is 3.12. The molecule has 1 heterocycles. The van der Waals surface area contributed by atoms with E-state index in [-0.39, 0.29) is 23.8 Å². The average molecular weight is 278 g/mol. The molecular formula is C16H26N2O2. The minimum Gasteiger partial charge on any atom is -0.340 e. The molecule has 0 bridgehead atoms. The first-order valence-corrected chi connectivity index (χ1v) is 8.20. The van der Waals surface area contributed by atoms with E-state index in [4.69, 9.17) is 0 Å². The van der Waals surface area contributed by atoms with Crippen LogP contribution in [0.5, 0.6) is 0 Å². The Kier molecular flexibility index (Phi) is 3.51. The van der Waals surface area contributed by atoms with Crippen molar-refractivity contribution in [3.63, 3.8) is 0 Å². The highest BCUT2D eigenvalue weighted by Gasteiger charge is 2.54. The van der Waals surface area contributed by atoms with Crippen LogP contribution in [0.3, 0.4) is 0 Å². The number of piperazine rings is 1. The molecule has 0 radical (unpaired) electrons. The number of rotatable bonds is 2. The third-order valence-corrected chi connectivity index (χ3v) is 5.38. The quantitative estimate of drug-likeness (QED) is 0.842. The highest BCUT2D eigenvalue weighted by molar-refractivity contribution is 6.00. The summed E-state index contributed by atoms with van der Waals surface area (Å²) in [7, 11) is 0. The van der Waals surface area contributed by atoms with Crippen molar-refractivity contribution < 1.29 is 9.59 Å². The second-order valence-corrected chi connectivity index (χ2v) is 7.12. The van der Waals surface area contributed by atoms with Crippen molar-refractivity contribution in [2.75, 3.05) is 0 Å². The van der Waals surface area contributed by atoms with Crippen LogP contribution in [0.25, 0.3) is 0 Å². The van der Waals surface area contributed by atoms with E-state index < -0.39 is 5.54 Å². The van der Waals surface area contributed by atoms with Gasteiger partial charge in [-0.2, -0.15) is 0 Å². The number of carbonyl (C=O) groups is 2. The Morgan fingerprint density at radius 3 is 2.25 bits per heavy atom. The lowest BCUT2D eigenvalue weighted by molar-refractivity contribution is -0.164. The molecule has 1 aliphatic heterocycles. The number of nitrogens with zero attached hydrogens (tertiary/aromatic N) is 1. The normalized spacial score (nSPS) is 30.6. The van der Waals surface area contributed by atoms with Gasteiger partial charge in [-0.15, -0.1) is 0 Å². The zero-order valence-corrected chi connectivity index (χ0v) is 12.7. The first-order valence-electron chi connectivity index (χ1n) is 8.20. The highest BCUT2D eigenvalue weighted by Crippen LogP contribution is 2.38. The molecule has 3 rings (SSSR count). The van der Waals surface area contributed by atoms with Gasteiger partial charge < -0.3 is 10.2 Å². The van der Waals surface area contributed by atoms with Crippen LogP contribution >= 0.6 is 0 Å². The predicted octanol–water partition coefficient (Wildman–Crippen LogP) is 2.22. The summed E-state index contributed by atoms with van der Waals surface area (Å²) < 4.78 is 0. The van der Waals surface area contributed by atoms with E-state index in [0.717, 1.165) is 38.5 Å². The number of nitrogens with one attached hydrogen (secondary N) is 1. The average Bonchev–Trinajstić information content (AvgIpc) is 2.34. The lowest BCUT2D eigenvalue weighted by Gasteiger charge is -2.53. The number of amides is 2. The molecule has 3 aliphatic rings. The van der Waals surface area contributed by atoms with Gasteiger partial charge in [0.15, 0.2) is 0 Å². The Balaban J connectivity index is 1.91. The Labute approximate surface area is 121 Å². The predicted molar refractivity (Wildman–Crippen MR) is 77.1 cm³/mol. The van der Waals surface area contributed by atoms with Crippen LogP contribution in [0.4, 0.5) is 0 Å². The van der Waals surface area contributed by atoms with Crippen LogP contribution < -0.4 is 5.32 Å². The number of hydrogen-bond donors (Lipinski definition) is 1. The standard InChI is InChI=1S/C16H26N2O2/c1-11(2)13-14(19)17-16(9-4-3-5-10-16)15(20)18(13)12-7-6-8-12/h11-13H,3-10H2,1-2H3,(H,17,19). The fraction of sp³-hybridized carbons (Fsp3) is 0.875. The highest BCUT2D eigenvalue weighted by atomic mass is 16.2. The second-order valence-electron chi connectivity index (χ2n) is 7.12. The van der Waals surface area contributed by atoms with Crippen LogP contribution in [-0.4, -0.2) is 34.3 Å². The van der Waals surface area contributed by atoms with Crippen molar-refractivity contribution in [3.8, 4) is 0 Å². The van der Waals surface area contributed by atoms with Gasteiger partial charge in [0.1, 0.15) is 11.6 Å². The summed E-state index contributed by atoms with van der Waals surface area (Å²) in [4.78, 5) is 27.7. The van der Waals surface area contributed by atoms with E-state index in [1.807, 2.05) is 18.7 Å². The molecule has 112 valence electrons. The van der Waals surface area contributed by atoms with E-state index in [0.29, 0.717) is 6.04 Å². The van der Waals surface area contributed by atoms with Gasteiger partial charge in [0, 0.05) is 6.04 Å². The zero-order chi connectivity index (χ0) is 14.3. The fourth-order valence-corrected chi connectivity index (χ4v) is 4.04. The van der Waals surface area contributed by atoms with Gasteiger partial charge in [-0.3, -0.25) is 9.59 Å². The molecule has 1 unspecified atom stereocenters. The molecule has 2 aliphatic carbocycles. The molecule has 0 aromatic heterocycles. The molecule has 1 N–H and O–H groups in total. The molecule has 1 saturated heterocycles. The van der Waals surface area contributed by atoms with E-state index in [9.17, 15) is 9.59 Å². The maximum Gasteiger partial charge on any atom is 0.249 e. The van der Waals surface area contributed by atoms with Crippen LogP contribution in [0.2, 0.25) is 0 Å². The summed E-state index contributed by atoms with van der Waals surface area (Å²) in [6.45, 7) is 4.09. The van der Waals surface area contributed by atoms with E-state index in [2.05, 4.69) is 5.32 Å². The van der Waals surface area contributed by atoms with E-state index in [1.54, 1.807) is 0 Å². The summed E-state index contributed by atoms with van der Waals surface area (Å²) in [5.41, 5.74) is -0.573. The second kappa shape index (κ2) is 5.05. The Hall–Kier alpha value is -1.06. The maximum atomic E-state index is 13.1. The van der Waals surface area contributed by atoms with Gasteiger partial charge in [-0.25, -0.2) is 0 Å². The Morgan fingerprint density at radius 2 is 1.75 bits per heavy atom.